The lowest BCUT2D eigenvalue weighted by Gasteiger charge is -2.37. The second-order valence-corrected chi connectivity index (χ2v) is 4.40. The van der Waals surface area contributed by atoms with Crippen molar-refractivity contribution in [3.05, 3.63) is 0 Å². The number of likely N-dealkylation sites (N-methyl/N-ethyl adjacent to an activating group) is 1. The summed E-state index contributed by atoms with van der Waals surface area (Å²) in [6.45, 7) is 1.87. The Bertz CT molecular complexity index is 238. The summed E-state index contributed by atoms with van der Waals surface area (Å²) in [5, 5.41) is 12.7. The van der Waals surface area contributed by atoms with Gasteiger partial charge in [0.1, 0.15) is 5.54 Å². The van der Waals surface area contributed by atoms with E-state index in [0.717, 1.165) is 38.8 Å². The summed E-state index contributed by atoms with van der Waals surface area (Å²) < 4.78 is 0. The third kappa shape index (κ3) is 1.25. The molecule has 4 nitrogen and oxygen atoms in total. The highest BCUT2D eigenvalue weighted by Crippen LogP contribution is 2.34. The highest BCUT2D eigenvalue weighted by atomic mass is 16.4. The van der Waals surface area contributed by atoms with E-state index in [0.29, 0.717) is 0 Å². The molecule has 14 heavy (non-hydrogen) atoms. The Morgan fingerprint density at radius 3 is 2.79 bits per heavy atom. The van der Waals surface area contributed by atoms with Crippen molar-refractivity contribution in [1.82, 2.24) is 10.2 Å². The van der Waals surface area contributed by atoms with Gasteiger partial charge in [-0.3, -0.25) is 9.69 Å². The molecule has 2 heterocycles. The summed E-state index contributed by atoms with van der Waals surface area (Å²) in [7, 11) is 1.93. The molecular formula is C10H18N2O2. The first-order valence-electron chi connectivity index (χ1n) is 5.36. The van der Waals surface area contributed by atoms with Crippen molar-refractivity contribution < 1.29 is 9.90 Å². The smallest absolute Gasteiger partial charge is 0.325 e. The Kier molecular flexibility index (Phi) is 2.49. The van der Waals surface area contributed by atoms with E-state index in [4.69, 9.17) is 0 Å². The van der Waals surface area contributed by atoms with Crippen LogP contribution in [0.25, 0.3) is 0 Å². The molecule has 2 aliphatic heterocycles. The second-order valence-electron chi connectivity index (χ2n) is 4.40. The molecule has 4 heteroatoms. The van der Waals surface area contributed by atoms with Gasteiger partial charge in [-0.05, 0) is 45.8 Å². The molecule has 0 bridgehead atoms. The van der Waals surface area contributed by atoms with Crippen LogP contribution in [0.2, 0.25) is 0 Å². The van der Waals surface area contributed by atoms with Gasteiger partial charge in [-0.15, -0.1) is 0 Å². The lowest BCUT2D eigenvalue weighted by atomic mass is 9.86. The van der Waals surface area contributed by atoms with Gasteiger partial charge in [-0.25, -0.2) is 0 Å². The molecular weight excluding hydrogens is 180 g/mol. The third-order valence-electron chi connectivity index (χ3n) is 3.74. The number of likely N-dealkylation sites (tertiary alicyclic amines) is 1. The zero-order chi connectivity index (χ0) is 10.2. The largest absolute Gasteiger partial charge is 0.480 e. The first-order chi connectivity index (χ1) is 6.68. The molecule has 80 valence electrons. The van der Waals surface area contributed by atoms with Crippen LogP contribution in [0.4, 0.5) is 0 Å². The van der Waals surface area contributed by atoms with Gasteiger partial charge in [0.25, 0.3) is 0 Å². The summed E-state index contributed by atoms with van der Waals surface area (Å²) >= 11 is 0. The van der Waals surface area contributed by atoms with Crippen LogP contribution in [0.1, 0.15) is 25.7 Å². The minimum atomic E-state index is -0.656. The molecule has 0 spiro atoms. The van der Waals surface area contributed by atoms with Crippen LogP contribution >= 0.6 is 0 Å². The zero-order valence-corrected chi connectivity index (χ0v) is 8.62. The number of hydrogen-bond acceptors (Lipinski definition) is 3. The summed E-state index contributed by atoms with van der Waals surface area (Å²) in [5.74, 6) is -0.656. The number of hydrogen-bond donors (Lipinski definition) is 2. The van der Waals surface area contributed by atoms with Crippen LogP contribution in [0, 0.1) is 0 Å². The van der Waals surface area contributed by atoms with E-state index in [9.17, 15) is 9.90 Å². The van der Waals surface area contributed by atoms with Gasteiger partial charge in [0.05, 0.1) is 0 Å². The molecule has 2 N–H and O–H groups in total. The van der Waals surface area contributed by atoms with Crippen molar-refractivity contribution in [2.75, 3.05) is 20.1 Å². The monoisotopic (exact) mass is 198 g/mol. The predicted octanol–water partition coefficient (Wildman–Crippen LogP) is 0.287. The Labute approximate surface area is 84.3 Å². The van der Waals surface area contributed by atoms with Gasteiger partial charge in [0.15, 0.2) is 0 Å². The van der Waals surface area contributed by atoms with Gasteiger partial charge in [0.2, 0.25) is 0 Å². The number of nitrogens with one attached hydrogen (secondary N) is 1. The van der Waals surface area contributed by atoms with E-state index >= 15 is 0 Å². The average molecular weight is 198 g/mol. The van der Waals surface area contributed by atoms with Crippen molar-refractivity contribution >= 4 is 5.97 Å². The Hall–Kier alpha value is -0.610. The summed E-state index contributed by atoms with van der Waals surface area (Å²) in [6.07, 6.45) is 3.89. The van der Waals surface area contributed by atoms with Crippen LogP contribution in [-0.4, -0.2) is 47.7 Å². The van der Waals surface area contributed by atoms with Crippen LogP contribution in [0.15, 0.2) is 0 Å². The highest BCUT2D eigenvalue weighted by Gasteiger charge is 2.52. The summed E-state index contributed by atoms with van der Waals surface area (Å²) in [4.78, 5) is 13.5. The number of rotatable bonds is 2. The van der Waals surface area contributed by atoms with Crippen molar-refractivity contribution in [1.29, 1.82) is 0 Å². The fourth-order valence-electron chi connectivity index (χ4n) is 2.93. The highest BCUT2D eigenvalue weighted by molar-refractivity contribution is 5.80. The fraction of sp³-hybridized carbons (Fsp3) is 0.900. The van der Waals surface area contributed by atoms with Crippen LogP contribution < -0.4 is 5.32 Å². The number of carboxylic acid groups (broad SMARTS) is 1. The van der Waals surface area contributed by atoms with E-state index in [1.165, 1.54) is 0 Å². The first-order valence-corrected chi connectivity index (χ1v) is 5.36. The van der Waals surface area contributed by atoms with E-state index in [-0.39, 0.29) is 6.04 Å². The topological polar surface area (TPSA) is 52.6 Å². The maximum Gasteiger partial charge on any atom is 0.325 e. The molecule has 2 saturated heterocycles. The van der Waals surface area contributed by atoms with Gasteiger partial charge in [-0.2, -0.15) is 0 Å². The minimum absolute atomic E-state index is 0.146. The van der Waals surface area contributed by atoms with E-state index in [1.807, 2.05) is 11.9 Å². The number of aliphatic carboxylic acids is 1. The fourth-order valence-corrected chi connectivity index (χ4v) is 2.93. The van der Waals surface area contributed by atoms with Gasteiger partial charge >= 0.3 is 5.97 Å². The van der Waals surface area contributed by atoms with Crippen molar-refractivity contribution in [2.24, 2.45) is 0 Å². The maximum absolute atomic E-state index is 11.4. The normalized spacial score (nSPS) is 39.1. The Balaban J connectivity index is 2.25. The predicted molar refractivity (Wildman–Crippen MR) is 53.3 cm³/mol. The van der Waals surface area contributed by atoms with Crippen molar-refractivity contribution in [3.8, 4) is 0 Å². The molecule has 0 amide bonds. The molecule has 0 aliphatic carbocycles. The molecule has 0 radical (unpaired) electrons. The van der Waals surface area contributed by atoms with Gasteiger partial charge < -0.3 is 10.4 Å². The SMILES string of the molecule is CN1CCC[C@@]1(C(=O)O)[C@H]1CCCN1. The van der Waals surface area contributed by atoms with Crippen LogP contribution in [0.3, 0.4) is 0 Å². The van der Waals surface area contributed by atoms with E-state index in [1.54, 1.807) is 0 Å². The van der Waals surface area contributed by atoms with Crippen LogP contribution in [-0.2, 0) is 4.79 Å². The maximum atomic E-state index is 11.4. The Morgan fingerprint density at radius 2 is 2.36 bits per heavy atom. The van der Waals surface area contributed by atoms with Gasteiger partial charge in [-0.1, -0.05) is 0 Å². The number of carbonyl (C=O) groups is 1. The molecule has 0 saturated carbocycles. The molecule has 0 aromatic heterocycles. The minimum Gasteiger partial charge on any atom is -0.480 e. The molecule has 0 unspecified atom stereocenters. The molecule has 0 aromatic carbocycles. The first kappa shape index (κ1) is 9.93. The lowest BCUT2D eigenvalue weighted by Crippen LogP contribution is -2.60. The van der Waals surface area contributed by atoms with E-state index in [2.05, 4.69) is 5.32 Å². The van der Waals surface area contributed by atoms with Gasteiger partial charge in [0, 0.05) is 6.04 Å². The molecule has 2 fully saturated rings. The summed E-state index contributed by atoms with van der Waals surface area (Å²) in [5.41, 5.74) is -0.628. The van der Waals surface area contributed by atoms with E-state index < -0.39 is 11.5 Å². The lowest BCUT2D eigenvalue weighted by molar-refractivity contribution is -0.150. The third-order valence-corrected chi connectivity index (χ3v) is 3.74. The van der Waals surface area contributed by atoms with Crippen molar-refractivity contribution in [3.63, 3.8) is 0 Å². The number of nitrogens with zero attached hydrogens (tertiary/aromatic N) is 1. The Morgan fingerprint density at radius 1 is 1.57 bits per heavy atom. The zero-order valence-electron chi connectivity index (χ0n) is 8.62. The number of carboxylic acids is 1. The average Bonchev–Trinajstić information content (AvgIpc) is 2.72. The molecule has 0 aromatic rings. The standard InChI is InChI=1S/C10H18N2O2/c1-12-7-3-5-10(12,9(13)14)8-4-2-6-11-8/h8,11H,2-7H2,1H3,(H,13,14)/t8-,10+/m1/s1. The molecule has 2 rings (SSSR count). The summed E-state index contributed by atoms with van der Waals surface area (Å²) in [6, 6.07) is 0.146. The van der Waals surface area contributed by atoms with Crippen molar-refractivity contribution in [2.45, 2.75) is 37.3 Å². The quantitative estimate of drug-likeness (QED) is 0.669. The molecule has 2 atom stereocenters. The molecule has 2 aliphatic rings. The second kappa shape index (κ2) is 3.51. The van der Waals surface area contributed by atoms with Crippen LogP contribution in [0.5, 0.6) is 0 Å².